The number of thiazole rings is 1. The number of imidazole rings is 1. The summed E-state index contributed by atoms with van der Waals surface area (Å²) in [6.45, 7) is 0. The fourth-order valence-electron chi connectivity index (χ4n) is 1.92. The molecule has 0 aliphatic heterocycles. The lowest BCUT2D eigenvalue weighted by molar-refractivity contribution is 0.415. The Morgan fingerprint density at radius 2 is 2.26 bits per heavy atom. The minimum Gasteiger partial charge on any atom is -0.496 e. The second kappa shape index (κ2) is 4.79. The first-order chi connectivity index (χ1) is 9.19. The number of aromatic nitrogens is 2. The first-order valence-corrected chi connectivity index (χ1v) is 8.07. The first-order valence-electron chi connectivity index (χ1n) is 5.63. The van der Waals surface area contributed by atoms with E-state index in [1.165, 1.54) is 0 Å². The highest BCUT2D eigenvalue weighted by molar-refractivity contribution is 7.84. The van der Waals surface area contributed by atoms with E-state index in [0.717, 1.165) is 21.1 Å². The summed E-state index contributed by atoms with van der Waals surface area (Å²) in [4.78, 5) is 6.25. The zero-order valence-electron chi connectivity index (χ0n) is 10.5. The van der Waals surface area contributed by atoms with Crippen LogP contribution in [0.4, 0.5) is 0 Å². The van der Waals surface area contributed by atoms with Gasteiger partial charge in [-0.15, -0.1) is 11.3 Å². The van der Waals surface area contributed by atoms with Crippen LogP contribution in [0.15, 0.2) is 40.9 Å². The molecule has 19 heavy (non-hydrogen) atoms. The number of ether oxygens (including phenoxy) is 1. The van der Waals surface area contributed by atoms with Crippen LogP contribution in [0.2, 0.25) is 0 Å². The molecule has 6 heteroatoms. The summed E-state index contributed by atoms with van der Waals surface area (Å²) in [7, 11) is 0.595. The van der Waals surface area contributed by atoms with Gasteiger partial charge in [0.05, 0.1) is 12.8 Å². The van der Waals surface area contributed by atoms with Gasteiger partial charge in [-0.05, 0) is 18.2 Å². The second-order valence-corrected chi connectivity index (χ2v) is 6.29. The van der Waals surface area contributed by atoms with Crippen molar-refractivity contribution in [2.75, 3.05) is 13.4 Å². The van der Waals surface area contributed by atoms with Gasteiger partial charge in [0.2, 0.25) is 0 Å². The lowest BCUT2D eigenvalue weighted by Crippen LogP contribution is -1.92. The van der Waals surface area contributed by atoms with Gasteiger partial charge in [0.15, 0.2) is 4.96 Å². The Hall–Kier alpha value is -1.66. The molecule has 0 N–H and O–H groups in total. The molecule has 0 amide bonds. The Morgan fingerprint density at radius 1 is 1.42 bits per heavy atom. The summed E-state index contributed by atoms with van der Waals surface area (Å²) in [5.41, 5.74) is 1.77. The second-order valence-electron chi connectivity index (χ2n) is 4.04. The van der Waals surface area contributed by atoms with Crippen LogP contribution in [0.1, 0.15) is 0 Å². The minimum atomic E-state index is -1.02. The predicted molar refractivity (Wildman–Crippen MR) is 77.4 cm³/mol. The van der Waals surface area contributed by atoms with Crippen LogP contribution in [0.5, 0.6) is 5.75 Å². The number of methoxy groups -OCH3 is 1. The Kier molecular flexibility index (Phi) is 3.12. The number of rotatable bonds is 3. The Bertz CT molecular complexity index is 732. The van der Waals surface area contributed by atoms with Gasteiger partial charge >= 0.3 is 0 Å². The summed E-state index contributed by atoms with van der Waals surface area (Å²) in [5, 5.41) is 1.99. The summed E-state index contributed by atoms with van der Waals surface area (Å²) < 4.78 is 18.9. The van der Waals surface area contributed by atoms with Crippen molar-refractivity contribution in [2.24, 2.45) is 0 Å². The van der Waals surface area contributed by atoms with Crippen LogP contribution in [0.25, 0.3) is 16.2 Å². The predicted octanol–water partition coefficient (Wildman–Crippen LogP) is 2.81. The monoisotopic (exact) mass is 292 g/mol. The van der Waals surface area contributed by atoms with Gasteiger partial charge < -0.3 is 4.74 Å². The first kappa shape index (κ1) is 12.4. The molecule has 3 aromatic rings. The summed E-state index contributed by atoms with van der Waals surface area (Å²) in [5.74, 6) is 0.693. The largest absolute Gasteiger partial charge is 0.496 e. The molecule has 0 aliphatic carbocycles. The maximum absolute atomic E-state index is 11.5. The highest BCUT2D eigenvalue weighted by Crippen LogP contribution is 2.31. The lowest BCUT2D eigenvalue weighted by Gasteiger charge is -2.07. The van der Waals surface area contributed by atoms with Crippen molar-refractivity contribution < 1.29 is 8.95 Å². The van der Waals surface area contributed by atoms with Crippen LogP contribution in [-0.4, -0.2) is 27.0 Å². The maximum atomic E-state index is 11.5. The maximum Gasteiger partial charge on any atom is 0.194 e. The van der Waals surface area contributed by atoms with Crippen LogP contribution in [0, 0.1) is 0 Å². The van der Waals surface area contributed by atoms with E-state index in [4.69, 9.17) is 4.74 Å². The molecule has 3 rings (SSSR count). The third-order valence-electron chi connectivity index (χ3n) is 2.87. The fraction of sp³-hybridized carbons (Fsp3) is 0.154. The minimum absolute atomic E-state index is 0.693. The van der Waals surface area contributed by atoms with Crippen LogP contribution in [0.3, 0.4) is 0 Å². The SMILES string of the molecule is COc1cc(S(C)=O)ccc1-c1cn2ccsc2n1. The molecule has 0 radical (unpaired) electrons. The summed E-state index contributed by atoms with van der Waals surface area (Å²) in [6, 6.07) is 5.56. The van der Waals surface area contributed by atoms with E-state index < -0.39 is 10.8 Å². The van der Waals surface area contributed by atoms with Crippen molar-refractivity contribution in [3.63, 3.8) is 0 Å². The van der Waals surface area contributed by atoms with Crippen molar-refractivity contribution >= 4 is 27.1 Å². The molecular formula is C13H12N2O2S2. The van der Waals surface area contributed by atoms with E-state index in [0.29, 0.717) is 5.75 Å². The quantitative estimate of drug-likeness (QED) is 0.745. The zero-order valence-corrected chi connectivity index (χ0v) is 12.1. The number of hydrogen-bond donors (Lipinski definition) is 0. The molecule has 98 valence electrons. The molecule has 0 aliphatic rings. The molecular weight excluding hydrogens is 280 g/mol. The van der Waals surface area contributed by atoms with Gasteiger partial charge in [-0.25, -0.2) is 4.98 Å². The Morgan fingerprint density at radius 3 is 2.95 bits per heavy atom. The average molecular weight is 292 g/mol. The van der Waals surface area contributed by atoms with Gasteiger partial charge in [0.1, 0.15) is 5.75 Å². The van der Waals surface area contributed by atoms with Crippen molar-refractivity contribution in [3.8, 4) is 17.0 Å². The van der Waals surface area contributed by atoms with Crippen LogP contribution in [-0.2, 0) is 10.8 Å². The van der Waals surface area contributed by atoms with E-state index >= 15 is 0 Å². The standard InChI is InChI=1S/C13H12N2O2S2/c1-17-12-7-9(19(2)16)3-4-10(12)11-8-15-5-6-18-13(15)14-11/h3-8H,1-2H3. The van der Waals surface area contributed by atoms with Crippen molar-refractivity contribution in [1.29, 1.82) is 0 Å². The van der Waals surface area contributed by atoms with E-state index in [1.54, 1.807) is 30.8 Å². The molecule has 0 spiro atoms. The van der Waals surface area contributed by atoms with Crippen molar-refractivity contribution in [2.45, 2.75) is 4.90 Å². The molecule has 0 saturated carbocycles. The molecule has 0 fully saturated rings. The molecule has 2 aromatic heterocycles. The van der Waals surface area contributed by atoms with Crippen molar-refractivity contribution in [3.05, 3.63) is 36.0 Å². The molecule has 2 heterocycles. The number of fused-ring (bicyclic) bond motifs is 1. The van der Waals surface area contributed by atoms with E-state index in [2.05, 4.69) is 4.98 Å². The zero-order chi connectivity index (χ0) is 13.4. The highest BCUT2D eigenvalue weighted by atomic mass is 32.2. The lowest BCUT2D eigenvalue weighted by atomic mass is 10.1. The van der Waals surface area contributed by atoms with E-state index in [-0.39, 0.29) is 0 Å². The highest BCUT2D eigenvalue weighted by Gasteiger charge is 2.12. The summed E-state index contributed by atoms with van der Waals surface area (Å²) in [6.07, 6.45) is 5.59. The third-order valence-corrected chi connectivity index (χ3v) is 4.56. The Balaban J connectivity index is 2.13. The smallest absolute Gasteiger partial charge is 0.194 e. The van der Waals surface area contributed by atoms with Gasteiger partial charge in [-0.1, -0.05) is 0 Å². The number of benzene rings is 1. The molecule has 1 unspecified atom stereocenters. The molecule has 0 saturated heterocycles. The van der Waals surface area contributed by atoms with E-state index in [1.807, 2.05) is 34.3 Å². The average Bonchev–Trinajstić information content (AvgIpc) is 2.98. The molecule has 4 nitrogen and oxygen atoms in total. The molecule has 0 bridgehead atoms. The van der Waals surface area contributed by atoms with E-state index in [9.17, 15) is 4.21 Å². The summed E-state index contributed by atoms with van der Waals surface area (Å²) >= 11 is 1.59. The third kappa shape index (κ3) is 2.17. The molecule has 1 atom stereocenters. The fourth-order valence-corrected chi connectivity index (χ4v) is 3.15. The van der Waals surface area contributed by atoms with Gasteiger partial charge in [0.25, 0.3) is 0 Å². The topological polar surface area (TPSA) is 43.6 Å². The Labute approximate surface area is 117 Å². The van der Waals surface area contributed by atoms with Crippen LogP contribution >= 0.6 is 11.3 Å². The van der Waals surface area contributed by atoms with Gasteiger partial charge in [0, 0.05) is 45.3 Å². The molecule has 1 aromatic carbocycles. The van der Waals surface area contributed by atoms with Gasteiger partial charge in [-0.3, -0.25) is 8.61 Å². The van der Waals surface area contributed by atoms with Crippen molar-refractivity contribution in [1.82, 2.24) is 9.38 Å². The van der Waals surface area contributed by atoms with Gasteiger partial charge in [-0.2, -0.15) is 0 Å². The number of hydrogen-bond acceptors (Lipinski definition) is 4. The normalized spacial score (nSPS) is 12.7. The van der Waals surface area contributed by atoms with Crippen LogP contribution < -0.4 is 4.74 Å². The number of nitrogens with zero attached hydrogens (tertiary/aromatic N) is 2.